The Bertz CT molecular complexity index is 1450. The summed E-state index contributed by atoms with van der Waals surface area (Å²) in [5.74, 6) is 0.400. The van der Waals surface area contributed by atoms with Crippen molar-refractivity contribution in [1.82, 2.24) is 19.6 Å². The number of hydrogen-bond donors (Lipinski definition) is 0. The highest BCUT2D eigenvalue weighted by Crippen LogP contribution is 2.36. The number of thioether (sulfide) groups is 1. The van der Waals surface area contributed by atoms with Gasteiger partial charge < -0.3 is 4.90 Å². The minimum Gasteiger partial charge on any atom is -0.301 e. The third-order valence-corrected chi connectivity index (χ3v) is 8.44. The van der Waals surface area contributed by atoms with Crippen molar-refractivity contribution in [3.05, 3.63) is 69.2 Å². The van der Waals surface area contributed by atoms with Crippen molar-refractivity contribution < 1.29 is 22.8 Å². The van der Waals surface area contributed by atoms with Crippen molar-refractivity contribution in [1.29, 1.82) is 0 Å². The molecule has 2 aliphatic rings. The average molecular weight is 577 g/mol. The Labute approximate surface area is 233 Å². The second kappa shape index (κ2) is 11.0. The van der Waals surface area contributed by atoms with Gasteiger partial charge in [-0.25, -0.2) is 0 Å². The van der Waals surface area contributed by atoms with Crippen LogP contribution in [0.5, 0.6) is 0 Å². The Morgan fingerprint density at radius 1 is 1.15 bits per heavy atom. The minimum absolute atomic E-state index is 0.0148. The summed E-state index contributed by atoms with van der Waals surface area (Å²) in [7, 11) is 0. The van der Waals surface area contributed by atoms with Crippen LogP contribution in [0.2, 0.25) is 5.02 Å². The van der Waals surface area contributed by atoms with Crippen LogP contribution >= 0.6 is 23.4 Å². The number of aromatic nitrogens is 2. The van der Waals surface area contributed by atoms with Gasteiger partial charge in [-0.05, 0) is 92.0 Å². The van der Waals surface area contributed by atoms with E-state index in [1.165, 1.54) is 21.7 Å². The maximum Gasteiger partial charge on any atom is 0.416 e. The van der Waals surface area contributed by atoms with Crippen molar-refractivity contribution in [2.24, 2.45) is 5.92 Å². The zero-order valence-corrected chi connectivity index (χ0v) is 23.1. The van der Waals surface area contributed by atoms with E-state index >= 15 is 0 Å². The van der Waals surface area contributed by atoms with Crippen LogP contribution in [0, 0.1) is 5.92 Å². The normalized spacial score (nSPS) is 19.5. The fourth-order valence-electron chi connectivity index (χ4n) is 5.14. The molecule has 2 saturated heterocycles. The Balaban J connectivity index is 1.32. The number of piperidine rings is 1. The molecule has 206 valence electrons. The molecule has 0 radical (unpaired) electrons. The van der Waals surface area contributed by atoms with Crippen LogP contribution in [0.15, 0.2) is 47.5 Å². The number of carbonyl (C=O) groups is 2. The van der Waals surface area contributed by atoms with E-state index in [2.05, 4.69) is 16.9 Å². The van der Waals surface area contributed by atoms with Gasteiger partial charge in [0.05, 0.1) is 34.8 Å². The van der Waals surface area contributed by atoms with Gasteiger partial charge in [0.2, 0.25) is 0 Å². The number of amides is 2. The molecular formula is C28H28ClF3N4O2S. The number of benzene rings is 2. The molecule has 11 heteroatoms. The molecule has 3 aromatic rings. The predicted molar refractivity (Wildman–Crippen MR) is 147 cm³/mol. The fraction of sp³-hybridized carbons (Fsp3) is 0.393. The highest BCUT2D eigenvalue weighted by atomic mass is 35.5. The molecule has 0 bridgehead atoms. The van der Waals surface area contributed by atoms with Crippen LogP contribution in [0.4, 0.5) is 18.0 Å². The molecule has 0 saturated carbocycles. The third kappa shape index (κ3) is 6.02. The SMILES string of the molecule is CC1CCN(C[C@H](C)N2C(=O)S/C(=C\c3ccc4c(cnn4Cc4ccc(Cl)cc4C(F)(F)F)c3)C2=O)CC1. The first-order valence-electron chi connectivity index (χ1n) is 12.8. The van der Waals surface area contributed by atoms with E-state index in [0.717, 1.165) is 43.8 Å². The van der Waals surface area contributed by atoms with Gasteiger partial charge in [0, 0.05) is 17.0 Å². The summed E-state index contributed by atoms with van der Waals surface area (Å²) < 4.78 is 42.1. The molecule has 2 aromatic carbocycles. The zero-order chi connectivity index (χ0) is 27.9. The molecule has 0 spiro atoms. The van der Waals surface area contributed by atoms with Gasteiger partial charge in [-0.1, -0.05) is 30.7 Å². The van der Waals surface area contributed by atoms with Gasteiger partial charge in [0.25, 0.3) is 11.1 Å². The Morgan fingerprint density at radius 2 is 1.90 bits per heavy atom. The lowest BCUT2D eigenvalue weighted by molar-refractivity contribution is -0.138. The monoisotopic (exact) mass is 576 g/mol. The molecule has 3 heterocycles. The van der Waals surface area contributed by atoms with Crippen molar-refractivity contribution in [2.75, 3.05) is 19.6 Å². The Hall–Kier alpha value is -2.82. The molecule has 39 heavy (non-hydrogen) atoms. The Morgan fingerprint density at radius 3 is 2.62 bits per heavy atom. The highest BCUT2D eigenvalue weighted by molar-refractivity contribution is 8.18. The first-order valence-corrected chi connectivity index (χ1v) is 14.0. The molecule has 0 N–H and O–H groups in total. The molecule has 2 aliphatic heterocycles. The van der Waals surface area contributed by atoms with Crippen LogP contribution in [0.25, 0.3) is 17.0 Å². The van der Waals surface area contributed by atoms with Crippen LogP contribution in [-0.2, 0) is 17.5 Å². The van der Waals surface area contributed by atoms with E-state index in [-0.39, 0.29) is 34.3 Å². The van der Waals surface area contributed by atoms with Crippen molar-refractivity contribution >= 4 is 51.5 Å². The lowest BCUT2D eigenvalue weighted by atomic mass is 9.99. The fourth-order valence-corrected chi connectivity index (χ4v) is 6.25. The number of hydrogen-bond acceptors (Lipinski definition) is 5. The number of halogens is 4. The summed E-state index contributed by atoms with van der Waals surface area (Å²) in [4.78, 5) is 29.9. The number of nitrogens with zero attached hydrogens (tertiary/aromatic N) is 4. The third-order valence-electron chi connectivity index (χ3n) is 7.32. The zero-order valence-electron chi connectivity index (χ0n) is 21.5. The summed E-state index contributed by atoms with van der Waals surface area (Å²) in [6, 6.07) is 8.79. The lowest BCUT2D eigenvalue weighted by Gasteiger charge is -2.34. The molecule has 1 aromatic heterocycles. The van der Waals surface area contributed by atoms with Gasteiger partial charge in [-0.15, -0.1) is 0 Å². The average Bonchev–Trinajstić information content (AvgIpc) is 3.40. The van der Waals surface area contributed by atoms with Crippen molar-refractivity contribution in [3.63, 3.8) is 0 Å². The first-order chi connectivity index (χ1) is 18.5. The van der Waals surface area contributed by atoms with Gasteiger partial charge in [-0.2, -0.15) is 18.3 Å². The molecule has 1 atom stereocenters. The second-order valence-electron chi connectivity index (χ2n) is 10.3. The van der Waals surface area contributed by atoms with E-state index in [1.807, 2.05) is 6.92 Å². The molecule has 0 unspecified atom stereocenters. The van der Waals surface area contributed by atoms with E-state index in [1.54, 1.807) is 30.5 Å². The topological polar surface area (TPSA) is 58.4 Å². The highest BCUT2D eigenvalue weighted by Gasteiger charge is 2.39. The van der Waals surface area contributed by atoms with Crippen LogP contribution < -0.4 is 0 Å². The van der Waals surface area contributed by atoms with E-state index in [9.17, 15) is 22.8 Å². The van der Waals surface area contributed by atoms with Crippen molar-refractivity contribution in [3.8, 4) is 0 Å². The predicted octanol–water partition coefficient (Wildman–Crippen LogP) is 6.91. The van der Waals surface area contributed by atoms with Gasteiger partial charge in [0.15, 0.2) is 0 Å². The number of rotatable bonds is 6. The molecule has 6 nitrogen and oxygen atoms in total. The summed E-state index contributed by atoms with van der Waals surface area (Å²) in [5.41, 5.74) is 0.610. The summed E-state index contributed by atoms with van der Waals surface area (Å²) in [5, 5.41) is 4.73. The van der Waals surface area contributed by atoms with Crippen LogP contribution in [0.1, 0.15) is 43.4 Å². The van der Waals surface area contributed by atoms with E-state index < -0.39 is 11.7 Å². The molecule has 2 amide bonds. The molecule has 0 aliphatic carbocycles. The number of alkyl halides is 3. The van der Waals surface area contributed by atoms with Gasteiger partial charge >= 0.3 is 6.18 Å². The van der Waals surface area contributed by atoms with Gasteiger partial charge in [-0.3, -0.25) is 19.2 Å². The first kappa shape index (κ1) is 27.7. The minimum atomic E-state index is -4.54. The molecular weight excluding hydrogens is 549 g/mol. The molecule has 2 fully saturated rings. The van der Waals surface area contributed by atoms with Crippen molar-refractivity contribution in [2.45, 2.75) is 45.5 Å². The van der Waals surface area contributed by atoms with Crippen LogP contribution in [-0.4, -0.2) is 56.4 Å². The molecule has 5 rings (SSSR count). The Kier molecular flexibility index (Phi) is 7.81. The number of imide groups is 1. The number of fused-ring (bicyclic) bond motifs is 1. The largest absolute Gasteiger partial charge is 0.416 e. The van der Waals surface area contributed by atoms with Gasteiger partial charge in [0.1, 0.15) is 0 Å². The number of carbonyl (C=O) groups excluding carboxylic acids is 2. The summed E-state index contributed by atoms with van der Waals surface area (Å²) >= 11 is 6.73. The lowest BCUT2D eigenvalue weighted by Crippen LogP contribution is -2.46. The van der Waals surface area contributed by atoms with Crippen LogP contribution in [0.3, 0.4) is 0 Å². The summed E-state index contributed by atoms with van der Waals surface area (Å²) in [6.45, 7) is 6.67. The standard InChI is InChI=1S/C28H28ClF3N4O2S/c1-17-7-9-34(10-8-17)15-18(2)36-26(37)25(39-27(36)38)12-19-3-6-24-21(11-19)14-33-35(24)16-20-4-5-22(29)13-23(20)28(30,31)32/h3-6,11-14,17-18H,7-10,15-16H2,1-2H3/b25-12-/t18-/m0/s1. The maximum atomic E-state index is 13.5. The second-order valence-corrected chi connectivity index (χ2v) is 11.7. The number of likely N-dealkylation sites (tertiary alicyclic amines) is 1. The summed E-state index contributed by atoms with van der Waals surface area (Å²) in [6.07, 6.45) is 0.956. The van der Waals surface area contributed by atoms with E-state index in [4.69, 9.17) is 11.6 Å². The quantitative estimate of drug-likeness (QED) is 0.298. The smallest absolute Gasteiger partial charge is 0.301 e. The van der Waals surface area contributed by atoms with E-state index in [0.29, 0.717) is 33.8 Å². The maximum absolute atomic E-state index is 13.5.